The normalized spacial score (nSPS) is 24.8. The molecule has 180 valence electrons. The first-order chi connectivity index (χ1) is 15.1. The summed E-state index contributed by atoms with van der Waals surface area (Å²) in [6.07, 6.45) is 5.63. The van der Waals surface area contributed by atoms with Gasteiger partial charge in [-0.25, -0.2) is 0 Å². The number of hydrogen-bond acceptors (Lipinski definition) is 3. The molecule has 1 N–H and O–H groups in total. The van der Waals surface area contributed by atoms with Crippen LogP contribution in [0, 0.1) is 5.41 Å². The molecule has 0 bridgehead atoms. The highest BCUT2D eigenvalue weighted by Gasteiger charge is 2.52. The summed E-state index contributed by atoms with van der Waals surface area (Å²) >= 11 is 0. The maximum Gasteiger partial charge on any atom is 0.111 e. The Morgan fingerprint density at radius 1 is 0.970 bits per heavy atom. The summed E-state index contributed by atoms with van der Waals surface area (Å²) in [6, 6.07) is 9.00. The van der Waals surface area contributed by atoms with Crippen molar-refractivity contribution in [3.05, 3.63) is 63.5 Å². The number of hydrogen-bond donors (Lipinski definition) is 1. The Balaban J connectivity index is 0.00000259. The van der Waals surface area contributed by atoms with Crippen molar-refractivity contribution >= 4 is 0 Å². The molecule has 0 unspecified atom stereocenters. The SMILES string of the molecule is C.CC(C)c1ccc([C@H]2OC3(CCCC3)c3c2c(C(C)C)nc2c3[C@@H](O)CC(C)(C)C2)cc1. The Kier molecular flexibility index (Phi) is 6.29. The van der Waals surface area contributed by atoms with Crippen LogP contribution in [0.1, 0.15) is 144 Å². The summed E-state index contributed by atoms with van der Waals surface area (Å²) in [5.41, 5.74) is 8.33. The first kappa shape index (κ1) is 24.4. The number of aliphatic hydroxyl groups is 1. The molecule has 1 fully saturated rings. The van der Waals surface area contributed by atoms with Crippen LogP contribution in [0.3, 0.4) is 0 Å². The summed E-state index contributed by atoms with van der Waals surface area (Å²) in [5, 5.41) is 11.4. The molecule has 0 saturated heterocycles. The molecule has 3 aliphatic rings. The van der Waals surface area contributed by atoms with Gasteiger partial charge < -0.3 is 9.84 Å². The number of pyridine rings is 1. The second kappa shape index (κ2) is 8.50. The van der Waals surface area contributed by atoms with Crippen LogP contribution in [0.25, 0.3) is 0 Å². The summed E-state index contributed by atoms with van der Waals surface area (Å²) in [5.74, 6) is 0.828. The van der Waals surface area contributed by atoms with Gasteiger partial charge in [0.05, 0.1) is 11.7 Å². The molecule has 3 nitrogen and oxygen atoms in total. The molecule has 1 aromatic heterocycles. The fraction of sp³-hybridized carbons (Fsp3) is 0.633. The van der Waals surface area contributed by atoms with Crippen LogP contribution in [0.2, 0.25) is 0 Å². The monoisotopic (exact) mass is 449 g/mol. The molecule has 1 saturated carbocycles. The Hall–Kier alpha value is -1.71. The molecule has 2 aromatic rings. The predicted octanol–water partition coefficient (Wildman–Crippen LogP) is 7.86. The average molecular weight is 450 g/mol. The third-order valence-electron chi connectivity index (χ3n) is 8.03. The quantitative estimate of drug-likeness (QED) is 0.518. The van der Waals surface area contributed by atoms with Gasteiger partial charge >= 0.3 is 0 Å². The zero-order chi connectivity index (χ0) is 22.8. The Morgan fingerprint density at radius 3 is 2.18 bits per heavy atom. The average Bonchev–Trinajstić information content (AvgIpc) is 3.32. The molecule has 1 aromatic carbocycles. The molecule has 2 aliphatic carbocycles. The maximum atomic E-state index is 11.4. The van der Waals surface area contributed by atoms with E-state index in [9.17, 15) is 5.11 Å². The molecule has 2 atom stereocenters. The minimum absolute atomic E-state index is 0. The lowest BCUT2D eigenvalue weighted by Gasteiger charge is -2.38. The molecule has 5 rings (SSSR count). The van der Waals surface area contributed by atoms with Gasteiger partial charge in [0.2, 0.25) is 0 Å². The van der Waals surface area contributed by atoms with E-state index in [1.165, 1.54) is 40.8 Å². The van der Waals surface area contributed by atoms with Crippen molar-refractivity contribution in [3.63, 3.8) is 0 Å². The van der Waals surface area contributed by atoms with E-state index in [1.54, 1.807) is 0 Å². The van der Waals surface area contributed by atoms with Crippen molar-refractivity contribution in [2.75, 3.05) is 0 Å². The van der Waals surface area contributed by atoms with Crippen LogP contribution in [0.15, 0.2) is 24.3 Å². The van der Waals surface area contributed by atoms with Gasteiger partial charge in [0.25, 0.3) is 0 Å². The second-order valence-corrected chi connectivity index (χ2v) is 11.9. The fourth-order valence-corrected chi connectivity index (χ4v) is 6.47. The van der Waals surface area contributed by atoms with Crippen molar-refractivity contribution in [1.82, 2.24) is 4.98 Å². The number of nitrogens with zero attached hydrogens (tertiary/aromatic N) is 1. The third-order valence-corrected chi connectivity index (χ3v) is 8.03. The highest BCUT2D eigenvalue weighted by molar-refractivity contribution is 5.54. The summed E-state index contributed by atoms with van der Waals surface area (Å²) in [4.78, 5) is 5.27. The molecular weight excluding hydrogens is 406 g/mol. The topological polar surface area (TPSA) is 42.4 Å². The Morgan fingerprint density at radius 2 is 1.61 bits per heavy atom. The molecule has 1 aliphatic heterocycles. The van der Waals surface area contributed by atoms with Crippen LogP contribution >= 0.6 is 0 Å². The van der Waals surface area contributed by atoms with Crippen molar-refractivity contribution in [2.45, 2.75) is 117 Å². The van der Waals surface area contributed by atoms with Crippen molar-refractivity contribution < 1.29 is 9.84 Å². The van der Waals surface area contributed by atoms with Gasteiger partial charge in [-0.2, -0.15) is 0 Å². The molecule has 3 heteroatoms. The highest BCUT2D eigenvalue weighted by atomic mass is 16.5. The van der Waals surface area contributed by atoms with Crippen molar-refractivity contribution in [2.24, 2.45) is 5.41 Å². The van der Waals surface area contributed by atoms with Crippen molar-refractivity contribution in [3.8, 4) is 0 Å². The Bertz CT molecular complexity index is 1010. The van der Waals surface area contributed by atoms with E-state index in [0.717, 1.165) is 36.9 Å². The zero-order valence-electron chi connectivity index (χ0n) is 20.7. The first-order valence-corrected chi connectivity index (χ1v) is 12.6. The van der Waals surface area contributed by atoms with Gasteiger partial charge in [0.1, 0.15) is 6.10 Å². The van der Waals surface area contributed by atoms with Crippen LogP contribution < -0.4 is 0 Å². The lowest BCUT2D eigenvalue weighted by molar-refractivity contribution is -0.0580. The van der Waals surface area contributed by atoms with Crippen molar-refractivity contribution in [1.29, 1.82) is 0 Å². The van der Waals surface area contributed by atoms with Gasteiger partial charge in [0, 0.05) is 22.5 Å². The number of benzene rings is 1. The number of rotatable bonds is 3. The maximum absolute atomic E-state index is 11.4. The molecule has 1 spiro atoms. The fourth-order valence-electron chi connectivity index (χ4n) is 6.47. The number of ether oxygens (including phenoxy) is 1. The minimum atomic E-state index is -0.459. The van der Waals surface area contributed by atoms with Crippen LogP contribution in [0.4, 0.5) is 0 Å². The highest BCUT2D eigenvalue weighted by Crippen LogP contribution is 2.59. The molecule has 33 heavy (non-hydrogen) atoms. The minimum Gasteiger partial charge on any atom is -0.388 e. The zero-order valence-corrected chi connectivity index (χ0v) is 20.7. The van der Waals surface area contributed by atoms with E-state index in [0.29, 0.717) is 11.8 Å². The van der Waals surface area contributed by atoms with E-state index in [2.05, 4.69) is 65.8 Å². The second-order valence-electron chi connectivity index (χ2n) is 11.9. The molecule has 0 radical (unpaired) electrons. The van der Waals surface area contributed by atoms with Gasteiger partial charge in [-0.1, -0.05) is 86.1 Å². The lowest BCUT2D eigenvalue weighted by Crippen LogP contribution is -2.32. The van der Waals surface area contributed by atoms with Gasteiger partial charge in [0.15, 0.2) is 0 Å². The molecular formula is C30H43NO2. The smallest absolute Gasteiger partial charge is 0.111 e. The number of fused-ring (bicyclic) bond motifs is 4. The van der Waals surface area contributed by atoms with E-state index in [4.69, 9.17) is 9.72 Å². The van der Waals surface area contributed by atoms with Crippen LogP contribution in [-0.4, -0.2) is 10.1 Å². The van der Waals surface area contributed by atoms with E-state index >= 15 is 0 Å². The van der Waals surface area contributed by atoms with Gasteiger partial charge in [-0.05, 0) is 59.6 Å². The first-order valence-electron chi connectivity index (χ1n) is 12.6. The molecule has 0 amide bonds. The third kappa shape index (κ3) is 3.96. The van der Waals surface area contributed by atoms with E-state index < -0.39 is 6.10 Å². The summed E-state index contributed by atoms with van der Waals surface area (Å²) < 4.78 is 7.07. The van der Waals surface area contributed by atoms with Crippen LogP contribution in [0.5, 0.6) is 0 Å². The largest absolute Gasteiger partial charge is 0.388 e. The molecule has 2 heterocycles. The summed E-state index contributed by atoms with van der Waals surface area (Å²) in [7, 11) is 0. The standard InChI is InChI=1S/C29H39NO2.CH4/c1-17(2)19-9-11-20(12-10-19)27-24-25(29(32-27)13-7-8-14-29)23-21(30-26(24)18(3)4)15-28(5,6)16-22(23)31;/h9-12,17-18,22,27,31H,7-8,13-16H2,1-6H3;1H4/t22-,27+;/m0./s1. The predicted molar refractivity (Wildman–Crippen MR) is 136 cm³/mol. The van der Waals surface area contributed by atoms with Gasteiger partial charge in [-0.15, -0.1) is 0 Å². The number of aliphatic hydroxyl groups excluding tert-OH is 1. The van der Waals surface area contributed by atoms with Gasteiger partial charge in [-0.3, -0.25) is 4.98 Å². The van der Waals surface area contributed by atoms with E-state index in [-0.39, 0.29) is 24.5 Å². The van der Waals surface area contributed by atoms with Crippen LogP contribution in [-0.2, 0) is 16.8 Å². The number of aromatic nitrogens is 1. The lowest BCUT2D eigenvalue weighted by atomic mass is 9.70. The Labute approximate surface area is 201 Å². The summed E-state index contributed by atoms with van der Waals surface area (Å²) in [6.45, 7) is 13.5. The van der Waals surface area contributed by atoms with E-state index in [1.807, 2.05) is 0 Å².